The highest BCUT2D eigenvalue weighted by Crippen LogP contribution is 2.22. The predicted octanol–water partition coefficient (Wildman–Crippen LogP) is 3.10. The second-order valence-electron chi connectivity index (χ2n) is 5.38. The third-order valence-electron chi connectivity index (χ3n) is 3.38. The molecule has 0 amide bonds. The number of guanidine groups is 1. The van der Waals surface area contributed by atoms with Crippen LogP contribution in [-0.2, 0) is 26.6 Å². The Hall–Kier alpha value is -1.98. The van der Waals surface area contributed by atoms with Crippen LogP contribution in [0.3, 0.4) is 0 Å². The zero-order valence-electron chi connectivity index (χ0n) is 14.4. The van der Waals surface area contributed by atoms with E-state index in [0.29, 0.717) is 6.54 Å². The van der Waals surface area contributed by atoms with E-state index in [1.54, 1.807) is 4.68 Å². The zero-order valence-corrected chi connectivity index (χ0v) is 16.7. The molecule has 2 aromatic rings. The van der Waals surface area contributed by atoms with Crippen LogP contribution >= 0.6 is 24.0 Å². The van der Waals surface area contributed by atoms with Crippen LogP contribution in [0.1, 0.15) is 23.7 Å². The second kappa shape index (κ2) is 9.64. The number of benzene rings is 1. The molecule has 6 nitrogen and oxygen atoms in total. The van der Waals surface area contributed by atoms with Gasteiger partial charge in [0.25, 0.3) is 0 Å². The highest BCUT2D eigenvalue weighted by Gasteiger charge is 2.30. The summed E-state index contributed by atoms with van der Waals surface area (Å²) in [5.74, 6) is -0.0171. The molecule has 0 bridgehead atoms. The van der Waals surface area contributed by atoms with Gasteiger partial charge in [-0.3, -0.25) is 4.68 Å². The van der Waals surface area contributed by atoms with E-state index < -0.39 is 6.36 Å². The molecular formula is C16H21F3IN5O. The summed E-state index contributed by atoms with van der Waals surface area (Å²) in [6.45, 7) is 2.78. The summed E-state index contributed by atoms with van der Waals surface area (Å²) in [4.78, 5) is 4.17. The van der Waals surface area contributed by atoms with Crippen molar-refractivity contribution in [2.24, 2.45) is 17.8 Å². The first-order chi connectivity index (χ1) is 11.8. The van der Waals surface area contributed by atoms with Gasteiger partial charge < -0.3 is 15.8 Å². The lowest BCUT2D eigenvalue weighted by molar-refractivity contribution is -0.274. The molecule has 3 N–H and O–H groups in total. The van der Waals surface area contributed by atoms with E-state index >= 15 is 0 Å². The number of ether oxygens (including phenoxy) is 1. The van der Waals surface area contributed by atoms with E-state index in [4.69, 9.17) is 5.73 Å². The molecule has 0 aliphatic carbocycles. The fourth-order valence-electron chi connectivity index (χ4n) is 2.24. The molecule has 0 unspecified atom stereocenters. The highest BCUT2D eigenvalue weighted by atomic mass is 127. The fourth-order valence-corrected chi connectivity index (χ4v) is 2.24. The topological polar surface area (TPSA) is 77.5 Å². The fraction of sp³-hybridized carbons (Fsp3) is 0.375. The van der Waals surface area contributed by atoms with Crippen molar-refractivity contribution in [1.82, 2.24) is 15.1 Å². The van der Waals surface area contributed by atoms with E-state index in [-0.39, 0.29) is 42.2 Å². The van der Waals surface area contributed by atoms with E-state index in [9.17, 15) is 13.2 Å². The summed E-state index contributed by atoms with van der Waals surface area (Å²) in [5, 5.41) is 7.34. The minimum Gasteiger partial charge on any atom is -0.406 e. The SMILES string of the molecule is CCc1nn(C)cc1CNC(N)=NCc1ccc(OC(F)(F)F)cc1.I. The van der Waals surface area contributed by atoms with Crippen molar-refractivity contribution in [2.45, 2.75) is 32.8 Å². The quantitative estimate of drug-likeness (QED) is 0.376. The number of alkyl halides is 3. The molecule has 0 atom stereocenters. The standard InChI is InChI=1S/C16H20F3N5O.HI/c1-3-14-12(10-24(2)23-14)9-22-15(20)21-8-11-4-6-13(7-5-11)25-16(17,18)19;/h4-7,10H,3,8-9H2,1-2H3,(H3,20,21,22);1H. The Balaban J connectivity index is 0.00000338. The Morgan fingerprint density at radius 1 is 1.31 bits per heavy atom. The van der Waals surface area contributed by atoms with Crippen molar-refractivity contribution in [2.75, 3.05) is 0 Å². The van der Waals surface area contributed by atoms with E-state index in [2.05, 4.69) is 20.1 Å². The number of hydrogen-bond acceptors (Lipinski definition) is 3. The number of aryl methyl sites for hydroxylation is 2. The number of nitrogens with zero attached hydrogens (tertiary/aromatic N) is 3. The normalized spacial score (nSPS) is 11.8. The molecular weight excluding hydrogens is 462 g/mol. The van der Waals surface area contributed by atoms with Crippen LogP contribution in [0.25, 0.3) is 0 Å². The molecule has 10 heteroatoms. The lowest BCUT2D eigenvalue weighted by Gasteiger charge is -2.09. The van der Waals surface area contributed by atoms with Crippen LogP contribution in [0.5, 0.6) is 5.75 Å². The lowest BCUT2D eigenvalue weighted by Crippen LogP contribution is -2.31. The molecule has 144 valence electrons. The zero-order chi connectivity index (χ0) is 18.4. The Morgan fingerprint density at radius 3 is 2.54 bits per heavy atom. The van der Waals surface area contributed by atoms with Gasteiger partial charge in [0, 0.05) is 25.4 Å². The van der Waals surface area contributed by atoms with Crippen LogP contribution < -0.4 is 15.8 Å². The first-order valence-corrected chi connectivity index (χ1v) is 7.66. The van der Waals surface area contributed by atoms with Crippen LogP contribution in [0.4, 0.5) is 13.2 Å². The van der Waals surface area contributed by atoms with Gasteiger partial charge in [0.05, 0.1) is 12.2 Å². The average Bonchev–Trinajstić information content (AvgIpc) is 2.91. The summed E-state index contributed by atoms with van der Waals surface area (Å²) in [5.41, 5.74) is 8.56. The summed E-state index contributed by atoms with van der Waals surface area (Å²) in [6, 6.07) is 5.50. The molecule has 2 rings (SSSR count). The maximum absolute atomic E-state index is 12.1. The molecule has 0 saturated carbocycles. The molecule has 1 aromatic heterocycles. The van der Waals surface area contributed by atoms with Crippen molar-refractivity contribution >= 4 is 29.9 Å². The summed E-state index contributed by atoms with van der Waals surface area (Å²) in [7, 11) is 1.85. The Bertz CT molecular complexity index is 728. The van der Waals surface area contributed by atoms with Gasteiger partial charge in [-0.15, -0.1) is 37.1 Å². The monoisotopic (exact) mass is 483 g/mol. The number of nitrogens with one attached hydrogen (secondary N) is 1. The van der Waals surface area contributed by atoms with E-state index in [0.717, 1.165) is 23.2 Å². The van der Waals surface area contributed by atoms with Gasteiger partial charge in [-0.05, 0) is 24.1 Å². The highest BCUT2D eigenvalue weighted by molar-refractivity contribution is 14.0. The minimum absolute atomic E-state index is 0. The lowest BCUT2D eigenvalue weighted by atomic mass is 10.2. The first kappa shape index (κ1) is 22.1. The van der Waals surface area contributed by atoms with Crippen molar-refractivity contribution in [3.8, 4) is 5.75 Å². The maximum Gasteiger partial charge on any atom is 0.573 e. The van der Waals surface area contributed by atoms with Crippen molar-refractivity contribution < 1.29 is 17.9 Å². The number of aromatic nitrogens is 2. The van der Waals surface area contributed by atoms with Crippen LogP contribution in [0.15, 0.2) is 35.5 Å². The maximum atomic E-state index is 12.1. The van der Waals surface area contributed by atoms with E-state index in [1.165, 1.54) is 24.3 Å². The number of nitrogens with two attached hydrogens (primary N) is 1. The number of halogens is 4. The minimum atomic E-state index is -4.70. The van der Waals surface area contributed by atoms with Gasteiger partial charge in [-0.1, -0.05) is 19.1 Å². The van der Waals surface area contributed by atoms with Crippen LogP contribution in [0.2, 0.25) is 0 Å². The second-order valence-corrected chi connectivity index (χ2v) is 5.38. The Morgan fingerprint density at radius 2 is 1.96 bits per heavy atom. The van der Waals surface area contributed by atoms with Gasteiger partial charge in [0.2, 0.25) is 0 Å². The largest absolute Gasteiger partial charge is 0.573 e. The number of hydrogen-bond donors (Lipinski definition) is 2. The molecule has 0 aliphatic heterocycles. The van der Waals surface area contributed by atoms with Crippen molar-refractivity contribution in [1.29, 1.82) is 0 Å². The van der Waals surface area contributed by atoms with Gasteiger partial charge >= 0.3 is 6.36 Å². The van der Waals surface area contributed by atoms with Crippen molar-refractivity contribution in [3.05, 3.63) is 47.3 Å². The van der Waals surface area contributed by atoms with Gasteiger partial charge in [0.1, 0.15) is 5.75 Å². The molecule has 26 heavy (non-hydrogen) atoms. The Labute approximate surface area is 166 Å². The first-order valence-electron chi connectivity index (χ1n) is 7.66. The predicted molar refractivity (Wildman–Crippen MR) is 103 cm³/mol. The Kier molecular flexibility index (Phi) is 8.18. The average molecular weight is 483 g/mol. The smallest absolute Gasteiger partial charge is 0.406 e. The van der Waals surface area contributed by atoms with Crippen LogP contribution in [0, 0.1) is 0 Å². The molecule has 0 fully saturated rings. The third kappa shape index (κ3) is 7.10. The molecule has 1 aromatic carbocycles. The molecule has 0 saturated heterocycles. The van der Waals surface area contributed by atoms with Gasteiger partial charge in [-0.2, -0.15) is 5.10 Å². The number of aliphatic imine (C=N–C) groups is 1. The molecule has 0 radical (unpaired) electrons. The van der Waals surface area contributed by atoms with E-state index in [1.807, 2.05) is 20.2 Å². The number of rotatable bonds is 6. The third-order valence-corrected chi connectivity index (χ3v) is 3.38. The molecule has 1 heterocycles. The summed E-state index contributed by atoms with van der Waals surface area (Å²) < 4.78 is 41.9. The van der Waals surface area contributed by atoms with Crippen molar-refractivity contribution in [3.63, 3.8) is 0 Å². The summed E-state index contributed by atoms with van der Waals surface area (Å²) in [6.07, 6.45) is -1.96. The van der Waals surface area contributed by atoms with Gasteiger partial charge in [0.15, 0.2) is 5.96 Å². The summed E-state index contributed by atoms with van der Waals surface area (Å²) >= 11 is 0. The van der Waals surface area contributed by atoms with Crippen LogP contribution in [-0.4, -0.2) is 22.1 Å². The molecule has 0 spiro atoms. The molecule has 0 aliphatic rings. The van der Waals surface area contributed by atoms with Gasteiger partial charge in [-0.25, -0.2) is 4.99 Å².